The van der Waals surface area contributed by atoms with Gasteiger partial charge in [0.15, 0.2) is 0 Å². The molecular formula is C18H29N5O2. The van der Waals surface area contributed by atoms with Crippen molar-refractivity contribution in [2.75, 3.05) is 57.8 Å². The molecule has 0 atom stereocenters. The Morgan fingerprint density at radius 1 is 1.04 bits per heavy atom. The summed E-state index contributed by atoms with van der Waals surface area (Å²) in [4.78, 5) is 27.9. The molecule has 2 saturated heterocycles. The van der Waals surface area contributed by atoms with Crippen LogP contribution in [0.3, 0.4) is 0 Å². The lowest BCUT2D eigenvalue weighted by Crippen LogP contribution is -2.42. The minimum atomic E-state index is 0.285. The zero-order chi connectivity index (χ0) is 17.5. The van der Waals surface area contributed by atoms with Crippen molar-refractivity contribution in [2.45, 2.75) is 32.1 Å². The van der Waals surface area contributed by atoms with Crippen molar-refractivity contribution in [3.05, 3.63) is 12.3 Å². The standard InChI is InChI=1S/C18H29N5O2/c1-25-16-7-8-19-18(20-16)23-12-6-9-21(13-14-23)15-17(24)22-10-4-2-3-5-11-22/h7-8H,2-6,9-15H2,1H3. The highest BCUT2D eigenvalue weighted by Gasteiger charge is 2.22. The van der Waals surface area contributed by atoms with E-state index in [-0.39, 0.29) is 5.91 Å². The van der Waals surface area contributed by atoms with Crippen molar-refractivity contribution in [2.24, 2.45) is 0 Å². The number of carbonyl (C=O) groups is 1. The molecule has 3 heterocycles. The summed E-state index contributed by atoms with van der Waals surface area (Å²) in [6, 6.07) is 1.76. The first kappa shape index (κ1) is 17.9. The molecule has 0 radical (unpaired) electrons. The Morgan fingerprint density at radius 3 is 2.60 bits per heavy atom. The van der Waals surface area contributed by atoms with E-state index in [2.05, 4.69) is 24.7 Å². The summed E-state index contributed by atoms with van der Waals surface area (Å²) < 4.78 is 5.19. The van der Waals surface area contributed by atoms with E-state index in [4.69, 9.17) is 4.74 Å². The number of carbonyl (C=O) groups excluding carboxylic acids is 1. The van der Waals surface area contributed by atoms with Crippen LogP contribution in [0.2, 0.25) is 0 Å². The molecule has 2 aliphatic heterocycles. The average Bonchev–Trinajstić information content (AvgIpc) is 3.05. The van der Waals surface area contributed by atoms with Gasteiger partial charge < -0.3 is 14.5 Å². The first-order valence-electron chi connectivity index (χ1n) is 9.38. The average molecular weight is 347 g/mol. The molecule has 0 N–H and O–H groups in total. The third-order valence-electron chi connectivity index (χ3n) is 5.02. The van der Waals surface area contributed by atoms with Gasteiger partial charge >= 0.3 is 0 Å². The van der Waals surface area contributed by atoms with Crippen molar-refractivity contribution >= 4 is 11.9 Å². The van der Waals surface area contributed by atoms with Crippen molar-refractivity contribution in [1.82, 2.24) is 19.8 Å². The zero-order valence-electron chi connectivity index (χ0n) is 15.2. The number of rotatable bonds is 4. The number of aromatic nitrogens is 2. The molecule has 3 rings (SSSR count). The summed E-state index contributed by atoms with van der Waals surface area (Å²) >= 11 is 0. The molecule has 138 valence electrons. The Morgan fingerprint density at radius 2 is 1.84 bits per heavy atom. The lowest BCUT2D eigenvalue weighted by atomic mass is 10.2. The predicted molar refractivity (Wildman–Crippen MR) is 96.9 cm³/mol. The second kappa shape index (κ2) is 8.99. The fourth-order valence-corrected chi connectivity index (χ4v) is 3.54. The van der Waals surface area contributed by atoms with E-state index >= 15 is 0 Å². The smallest absolute Gasteiger partial charge is 0.236 e. The summed E-state index contributed by atoms with van der Waals surface area (Å²) in [5, 5.41) is 0. The maximum absolute atomic E-state index is 12.6. The van der Waals surface area contributed by atoms with E-state index in [1.165, 1.54) is 12.8 Å². The van der Waals surface area contributed by atoms with Gasteiger partial charge in [-0.15, -0.1) is 0 Å². The van der Waals surface area contributed by atoms with Gasteiger partial charge in [0, 0.05) is 51.5 Å². The number of ether oxygens (including phenoxy) is 1. The van der Waals surface area contributed by atoms with Crippen LogP contribution in [-0.4, -0.2) is 78.6 Å². The van der Waals surface area contributed by atoms with E-state index in [9.17, 15) is 4.79 Å². The van der Waals surface area contributed by atoms with Crippen LogP contribution in [0, 0.1) is 0 Å². The Hall–Kier alpha value is -1.89. The Labute approximate surface area is 150 Å². The number of likely N-dealkylation sites (tertiary alicyclic amines) is 1. The fraction of sp³-hybridized carbons (Fsp3) is 0.722. The predicted octanol–water partition coefficient (Wildman–Crippen LogP) is 1.40. The molecule has 2 fully saturated rings. The van der Waals surface area contributed by atoms with Gasteiger partial charge in [0.2, 0.25) is 17.7 Å². The summed E-state index contributed by atoms with van der Waals surface area (Å²) in [5.41, 5.74) is 0. The summed E-state index contributed by atoms with van der Waals surface area (Å²) in [7, 11) is 1.62. The molecule has 0 aliphatic carbocycles. The van der Waals surface area contributed by atoms with Crippen LogP contribution in [-0.2, 0) is 4.79 Å². The van der Waals surface area contributed by atoms with Gasteiger partial charge in [-0.3, -0.25) is 9.69 Å². The molecule has 0 saturated carbocycles. The van der Waals surface area contributed by atoms with Gasteiger partial charge in [0.1, 0.15) is 0 Å². The quantitative estimate of drug-likeness (QED) is 0.820. The summed E-state index contributed by atoms with van der Waals surface area (Å²) in [6.07, 6.45) is 7.53. The molecular weight excluding hydrogens is 318 g/mol. The van der Waals surface area contributed by atoms with Gasteiger partial charge in [-0.25, -0.2) is 4.98 Å². The minimum absolute atomic E-state index is 0.285. The molecule has 0 unspecified atom stereocenters. The van der Waals surface area contributed by atoms with E-state index in [0.717, 1.165) is 58.5 Å². The van der Waals surface area contributed by atoms with Gasteiger partial charge in [0.25, 0.3) is 0 Å². The Kier molecular flexibility index (Phi) is 6.44. The topological polar surface area (TPSA) is 61.8 Å². The van der Waals surface area contributed by atoms with Crippen molar-refractivity contribution in [3.63, 3.8) is 0 Å². The molecule has 1 amide bonds. The van der Waals surface area contributed by atoms with Crippen LogP contribution in [0.25, 0.3) is 0 Å². The Balaban J connectivity index is 1.53. The van der Waals surface area contributed by atoms with E-state index in [1.54, 1.807) is 19.4 Å². The highest BCUT2D eigenvalue weighted by atomic mass is 16.5. The van der Waals surface area contributed by atoms with Gasteiger partial charge in [-0.05, 0) is 19.3 Å². The van der Waals surface area contributed by atoms with Crippen LogP contribution in [0.5, 0.6) is 5.88 Å². The van der Waals surface area contributed by atoms with Crippen molar-refractivity contribution < 1.29 is 9.53 Å². The lowest BCUT2D eigenvalue weighted by Gasteiger charge is -2.25. The van der Waals surface area contributed by atoms with Crippen LogP contribution in [0.15, 0.2) is 12.3 Å². The van der Waals surface area contributed by atoms with Gasteiger partial charge in [-0.1, -0.05) is 12.8 Å². The largest absolute Gasteiger partial charge is 0.481 e. The number of amides is 1. The number of hydrogen-bond acceptors (Lipinski definition) is 6. The zero-order valence-corrected chi connectivity index (χ0v) is 15.2. The van der Waals surface area contributed by atoms with Crippen molar-refractivity contribution in [3.8, 4) is 5.88 Å². The molecule has 7 nitrogen and oxygen atoms in total. The normalized spacial score (nSPS) is 20.0. The molecule has 0 aromatic carbocycles. The fourth-order valence-electron chi connectivity index (χ4n) is 3.54. The third kappa shape index (κ3) is 5.04. The molecule has 0 spiro atoms. The van der Waals surface area contributed by atoms with Crippen LogP contribution < -0.4 is 9.64 Å². The lowest BCUT2D eigenvalue weighted by molar-refractivity contribution is -0.132. The molecule has 1 aromatic heterocycles. The number of hydrogen-bond donors (Lipinski definition) is 0. The Bertz CT molecular complexity index is 560. The maximum atomic E-state index is 12.6. The van der Waals surface area contributed by atoms with Crippen LogP contribution >= 0.6 is 0 Å². The monoisotopic (exact) mass is 347 g/mol. The number of methoxy groups -OCH3 is 1. The second-order valence-corrected chi connectivity index (χ2v) is 6.81. The van der Waals surface area contributed by atoms with Crippen molar-refractivity contribution in [1.29, 1.82) is 0 Å². The van der Waals surface area contributed by atoms with E-state index in [1.807, 2.05) is 0 Å². The molecule has 2 aliphatic rings. The third-order valence-corrected chi connectivity index (χ3v) is 5.02. The minimum Gasteiger partial charge on any atom is -0.481 e. The molecule has 0 bridgehead atoms. The van der Waals surface area contributed by atoms with Crippen LogP contribution in [0.4, 0.5) is 5.95 Å². The highest BCUT2D eigenvalue weighted by Crippen LogP contribution is 2.15. The number of nitrogens with zero attached hydrogens (tertiary/aromatic N) is 5. The number of anilines is 1. The first-order valence-corrected chi connectivity index (χ1v) is 9.38. The maximum Gasteiger partial charge on any atom is 0.236 e. The van der Waals surface area contributed by atoms with E-state index in [0.29, 0.717) is 18.4 Å². The molecule has 7 heteroatoms. The first-order chi connectivity index (χ1) is 12.3. The van der Waals surface area contributed by atoms with Gasteiger partial charge in [-0.2, -0.15) is 4.98 Å². The summed E-state index contributed by atoms with van der Waals surface area (Å²) in [5.74, 6) is 1.58. The van der Waals surface area contributed by atoms with Crippen LogP contribution in [0.1, 0.15) is 32.1 Å². The van der Waals surface area contributed by atoms with Gasteiger partial charge in [0.05, 0.1) is 13.7 Å². The molecule has 1 aromatic rings. The highest BCUT2D eigenvalue weighted by molar-refractivity contribution is 5.78. The second-order valence-electron chi connectivity index (χ2n) is 6.81. The SMILES string of the molecule is COc1ccnc(N2CCCN(CC(=O)N3CCCCCC3)CC2)n1. The summed E-state index contributed by atoms with van der Waals surface area (Å²) in [6.45, 7) is 5.93. The molecule has 25 heavy (non-hydrogen) atoms. The van der Waals surface area contributed by atoms with E-state index < -0.39 is 0 Å².